The van der Waals surface area contributed by atoms with Crippen LogP contribution in [0.15, 0.2) is 52.4 Å². The van der Waals surface area contributed by atoms with Crippen LogP contribution in [0.25, 0.3) is 0 Å². The Labute approximate surface area is 169 Å². The highest BCUT2D eigenvalue weighted by Gasteiger charge is 2.30. The fourth-order valence-corrected chi connectivity index (χ4v) is 3.07. The van der Waals surface area contributed by atoms with Gasteiger partial charge in [0.15, 0.2) is 0 Å². The number of hydrogen-bond acceptors (Lipinski definition) is 5. The van der Waals surface area contributed by atoms with Crippen LogP contribution in [0.1, 0.15) is 30.9 Å². The van der Waals surface area contributed by atoms with Crippen LogP contribution in [0.4, 0.5) is 8.78 Å². The topological polar surface area (TPSA) is 67.7 Å². The third-order valence-corrected chi connectivity index (χ3v) is 4.53. The number of rotatable bonds is 7. The standard InChI is InChI=1S/C19H17BrF2N4O2/c1-12(3-2-6-28-18-10-17(20)23-11-24-18)19(27)26-16(4-5-25-26)13-7-14(21)9-15(22)8-13/h5,7-11,16H,1-4,6H2. The largest absolute Gasteiger partial charge is 0.478 e. The van der Waals surface area contributed by atoms with Crippen molar-refractivity contribution in [3.63, 3.8) is 0 Å². The number of benzene rings is 1. The van der Waals surface area contributed by atoms with Crippen molar-refractivity contribution in [2.24, 2.45) is 5.10 Å². The van der Waals surface area contributed by atoms with Crippen LogP contribution in [0.2, 0.25) is 0 Å². The zero-order valence-corrected chi connectivity index (χ0v) is 16.4. The van der Waals surface area contributed by atoms with E-state index >= 15 is 0 Å². The Hall–Kier alpha value is -2.68. The maximum absolute atomic E-state index is 13.5. The summed E-state index contributed by atoms with van der Waals surface area (Å²) in [5.41, 5.74) is 0.696. The normalized spacial score (nSPS) is 15.7. The zero-order chi connectivity index (χ0) is 20.1. The summed E-state index contributed by atoms with van der Waals surface area (Å²) in [7, 11) is 0. The number of carbonyl (C=O) groups excluding carboxylic acids is 1. The molecule has 2 heterocycles. The lowest BCUT2D eigenvalue weighted by molar-refractivity contribution is -0.129. The first-order valence-corrected chi connectivity index (χ1v) is 9.33. The minimum absolute atomic E-state index is 0.341. The predicted octanol–water partition coefficient (Wildman–Crippen LogP) is 4.19. The van der Waals surface area contributed by atoms with Crippen LogP contribution < -0.4 is 4.74 Å². The van der Waals surface area contributed by atoms with Crippen LogP contribution in [0.5, 0.6) is 5.88 Å². The first-order chi connectivity index (χ1) is 13.4. The summed E-state index contributed by atoms with van der Waals surface area (Å²) in [5.74, 6) is -1.34. The van der Waals surface area contributed by atoms with E-state index in [-0.39, 0.29) is 5.91 Å². The van der Waals surface area contributed by atoms with Gasteiger partial charge in [-0.2, -0.15) is 5.10 Å². The molecule has 1 atom stereocenters. The Morgan fingerprint density at radius 2 is 2.00 bits per heavy atom. The zero-order valence-electron chi connectivity index (χ0n) is 14.8. The summed E-state index contributed by atoms with van der Waals surface area (Å²) in [6, 6.07) is 4.30. The summed E-state index contributed by atoms with van der Waals surface area (Å²) in [4.78, 5) is 20.5. The van der Waals surface area contributed by atoms with Gasteiger partial charge >= 0.3 is 0 Å². The number of hydrogen-bond donors (Lipinski definition) is 0. The number of carbonyl (C=O) groups is 1. The van der Waals surface area contributed by atoms with Crippen LogP contribution in [-0.2, 0) is 4.79 Å². The highest BCUT2D eigenvalue weighted by Crippen LogP contribution is 2.30. The lowest BCUT2D eigenvalue weighted by atomic mass is 10.0. The van der Waals surface area contributed by atoms with E-state index in [2.05, 4.69) is 37.6 Å². The van der Waals surface area contributed by atoms with E-state index in [1.165, 1.54) is 23.5 Å². The fourth-order valence-electron chi connectivity index (χ4n) is 2.78. The third kappa shape index (κ3) is 4.98. The van der Waals surface area contributed by atoms with Crippen molar-refractivity contribution < 1.29 is 18.3 Å². The molecule has 0 spiro atoms. The van der Waals surface area contributed by atoms with Crippen molar-refractivity contribution in [2.75, 3.05) is 6.61 Å². The molecule has 0 bridgehead atoms. The van der Waals surface area contributed by atoms with E-state index in [1.54, 1.807) is 12.3 Å². The monoisotopic (exact) mass is 450 g/mol. The average molecular weight is 451 g/mol. The molecular formula is C19H17BrF2N4O2. The molecule has 3 rings (SSSR count). The van der Waals surface area contributed by atoms with Crippen molar-refractivity contribution in [3.8, 4) is 5.88 Å². The van der Waals surface area contributed by atoms with Gasteiger partial charge in [-0.15, -0.1) is 0 Å². The summed E-state index contributed by atoms with van der Waals surface area (Å²) in [5, 5.41) is 5.28. The maximum atomic E-state index is 13.5. The molecule has 6 nitrogen and oxygen atoms in total. The van der Waals surface area contributed by atoms with Gasteiger partial charge in [-0.3, -0.25) is 4.79 Å². The molecular weight excluding hydrogens is 434 g/mol. The SMILES string of the molecule is C=C(CCCOc1cc(Br)ncn1)C(=O)N1N=CCC1c1cc(F)cc(F)c1. The Morgan fingerprint density at radius 1 is 1.25 bits per heavy atom. The smallest absolute Gasteiger partial charge is 0.269 e. The van der Waals surface area contributed by atoms with Gasteiger partial charge in [0.1, 0.15) is 22.6 Å². The Morgan fingerprint density at radius 3 is 2.71 bits per heavy atom. The summed E-state index contributed by atoms with van der Waals surface area (Å²) in [6.07, 6.45) is 4.25. The molecule has 0 radical (unpaired) electrons. The van der Waals surface area contributed by atoms with Crippen molar-refractivity contribution >= 4 is 28.1 Å². The minimum Gasteiger partial charge on any atom is -0.478 e. The summed E-state index contributed by atoms with van der Waals surface area (Å²) >= 11 is 3.23. The third-order valence-electron chi connectivity index (χ3n) is 4.09. The Balaban J connectivity index is 1.54. The number of ether oxygens (including phenoxy) is 1. The lowest BCUT2D eigenvalue weighted by Gasteiger charge is -2.23. The fraction of sp³-hybridized carbons (Fsp3) is 0.263. The van der Waals surface area contributed by atoms with Gasteiger partial charge in [0.05, 0.1) is 12.6 Å². The number of hydrazone groups is 1. The van der Waals surface area contributed by atoms with E-state index in [0.29, 0.717) is 47.5 Å². The quantitative estimate of drug-likeness (QED) is 0.360. The summed E-state index contributed by atoms with van der Waals surface area (Å²) in [6.45, 7) is 4.16. The van der Waals surface area contributed by atoms with Crippen molar-refractivity contribution in [2.45, 2.75) is 25.3 Å². The van der Waals surface area contributed by atoms with Crippen LogP contribution >= 0.6 is 15.9 Å². The molecule has 146 valence electrons. The van der Waals surface area contributed by atoms with Gasteiger partial charge in [-0.25, -0.2) is 23.8 Å². The lowest BCUT2D eigenvalue weighted by Crippen LogP contribution is -2.28. The van der Waals surface area contributed by atoms with E-state index in [9.17, 15) is 13.6 Å². The first kappa shape index (κ1) is 20.1. The first-order valence-electron chi connectivity index (χ1n) is 8.54. The molecule has 9 heteroatoms. The van der Waals surface area contributed by atoms with Crippen molar-refractivity contribution in [1.82, 2.24) is 15.0 Å². The molecule has 28 heavy (non-hydrogen) atoms. The summed E-state index contributed by atoms with van der Waals surface area (Å²) < 4.78 is 33.1. The second kappa shape index (κ2) is 9.01. The Kier molecular flexibility index (Phi) is 6.45. The van der Waals surface area contributed by atoms with Gasteiger partial charge in [-0.05, 0) is 46.5 Å². The molecule has 1 aliphatic rings. The van der Waals surface area contributed by atoms with E-state index in [4.69, 9.17) is 4.74 Å². The maximum Gasteiger partial charge on any atom is 0.269 e. The molecule has 1 aromatic heterocycles. The second-order valence-corrected chi connectivity index (χ2v) is 6.95. The van der Waals surface area contributed by atoms with Gasteiger partial charge in [-0.1, -0.05) is 6.58 Å². The van der Waals surface area contributed by atoms with Gasteiger partial charge in [0.2, 0.25) is 5.88 Å². The number of amides is 1. The van der Waals surface area contributed by atoms with Crippen LogP contribution in [0.3, 0.4) is 0 Å². The van der Waals surface area contributed by atoms with Gasteiger partial charge in [0.25, 0.3) is 5.91 Å². The van der Waals surface area contributed by atoms with E-state index in [0.717, 1.165) is 6.07 Å². The molecule has 1 amide bonds. The molecule has 0 aliphatic carbocycles. The van der Waals surface area contributed by atoms with E-state index < -0.39 is 17.7 Å². The van der Waals surface area contributed by atoms with E-state index in [1.807, 2.05) is 0 Å². The molecule has 1 aromatic carbocycles. The second-order valence-electron chi connectivity index (χ2n) is 6.14. The molecule has 0 fully saturated rings. The number of nitrogens with zero attached hydrogens (tertiary/aromatic N) is 4. The predicted molar refractivity (Wildman–Crippen MR) is 103 cm³/mol. The Bertz CT molecular complexity index is 902. The van der Waals surface area contributed by atoms with Crippen LogP contribution in [0, 0.1) is 11.6 Å². The molecule has 0 saturated carbocycles. The number of aromatic nitrogens is 2. The molecule has 2 aromatic rings. The van der Waals surface area contributed by atoms with Gasteiger partial charge < -0.3 is 4.74 Å². The molecule has 0 N–H and O–H groups in total. The van der Waals surface area contributed by atoms with Crippen molar-refractivity contribution in [1.29, 1.82) is 0 Å². The highest BCUT2D eigenvalue weighted by molar-refractivity contribution is 9.10. The molecule has 1 aliphatic heterocycles. The van der Waals surface area contributed by atoms with Crippen molar-refractivity contribution in [3.05, 3.63) is 64.5 Å². The van der Waals surface area contributed by atoms with Gasteiger partial charge in [0, 0.05) is 30.3 Å². The highest BCUT2D eigenvalue weighted by atomic mass is 79.9. The van der Waals surface area contributed by atoms with Crippen LogP contribution in [-0.4, -0.2) is 33.7 Å². The average Bonchev–Trinajstić information content (AvgIpc) is 3.13. The minimum atomic E-state index is -0.693. The molecule has 0 saturated heterocycles. The number of halogens is 3. The molecule has 1 unspecified atom stereocenters.